The van der Waals surface area contributed by atoms with E-state index in [4.69, 9.17) is 34.8 Å². The highest BCUT2D eigenvalue weighted by molar-refractivity contribution is 6.35. The molecule has 0 unspecified atom stereocenters. The molecule has 1 heterocycles. The Balaban J connectivity index is 2.34. The van der Waals surface area contributed by atoms with Gasteiger partial charge in [0, 0.05) is 0 Å². The summed E-state index contributed by atoms with van der Waals surface area (Å²) in [5, 5.41) is 4.06. The van der Waals surface area contributed by atoms with Crippen molar-refractivity contribution in [3.63, 3.8) is 0 Å². The molecule has 1 aromatic heterocycles. The van der Waals surface area contributed by atoms with Crippen LogP contribution in [0.25, 0.3) is 0 Å². The van der Waals surface area contributed by atoms with Gasteiger partial charge in [-0.05, 0) is 23.7 Å². The van der Waals surface area contributed by atoms with Crippen LogP contribution in [0.3, 0.4) is 0 Å². The van der Waals surface area contributed by atoms with Crippen LogP contribution in [0.4, 0.5) is 11.5 Å². The van der Waals surface area contributed by atoms with Crippen molar-refractivity contribution in [1.82, 2.24) is 9.97 Å². The highest BCUT2D eigenvalue weighted by atomic mass is 35.5. The first kappa shape index (κ1) is 11.5. The molecule has 1 N–H and O–H groups in total. The number of anilines is 2. The van der Waals surface area contributed by atoms with Gasteiger partial charge in [0.2, 0.25) is 5.28 Å². The lowest BCUT2D eigenvalue weighted by atomic mass is 10.3. The second kappa shape index (κ2) is 4.87. The summed E-state index contributed by atoms with van der Waals surface area (Å²) in [6, 6.07) is 7.27. The molecule has 0 spiro atoms. The van der Waals surface area contributed by atoms with E-state index in [1.807, 2.05) is 18.2 Å². The first-order valence-electron chi connectivity index (χ1n) is 4.36. The van der Waals surface area contributed by atoms with E-state index < -0.39 is 0 Å². The number of hydrogen-bond donors (Lipinski definition) is 1. The summed E-state index contributed by atoms with van der Waals surface area (Å²) in [7, 11) is 0. The summed E-state index contributed by atoms with van der Waals surface area (Å²) >= 11 is 17.6. The van der Waals surface area contributed by atoms with Crippen LogP contribution < -0.4 is 5.32 Å². The Morgan fingerprint density at radius 2 is 1.75 bits per heavy atom. The molecule has 0 bridgehead atoms. The van der Waals surface area contributed by atoms with Crippen LogP contribution in [0.15, 0.2) is 30.5 Å². The van der Waals surface area contributed by atoms with Crippen molar-refractivity contribution in [2.75, 3.05) is 5.32 Å². The van der Waals surface area contributed by atoms with Crippen molar-refractivity contribution in [3.05, 3.63) is 45.8 Å². The summed E-state index contributed by atoms with van der Waals surface area (Å²) in [5.41, 5.74) is 0.709. The number of nitrogens with zero attached hydrogens (tertiary/aromatic N) is 2. The lowest BCUT2D eigenvalue weighted by molar-refractivity contribution is 1.17. The molecule has 0 radical (unpaired) electrons. The number of benzene rings is 1. The summed E-state index contributed by atoms with van der Waals surface area (Å²) in [6.45, 7) is 0. The third-order valence-electron chi connectivity index (χ3n) is 1.84. The molecule has 0 atom stereocenters. The third-order valence-corrected chi connectivity index (χ3v) is 2.63. The third kappa shape index (κ3) is 2.55. The Morgan fingerprint density at radius 3 is 2.50 bits per heavy atom. The molecule has 0 fully saturated rings. The van der Waals surface area contributed by atoms with Gasteiger partial charge in [-0.15, -0.1) is 0 Å². The van der Waals surface area contributed by atoms with Gasteiger partial charge in [0.25, 0.3) is 0 Å². The highest BCUT2D eigenvalue weighted by Crippen LogP contribution is 2.27. The SMILES string of the molecule is Clc1ncc(Cl)c(Nc2ccccc2Cl)n1. The number of halogens is 3. The Hall–Kier alpha value is -1.03. The van der Waals surface area contributed by atoms with Gasteiger partial charge < -0.3 is 5.32 Å². The second-order valence-corrected chi connectivity index (χ2v) is 4.09. The van der Waals surface area contributed by atoms with Crippen molar-refractivity contribution in [3.8, 4) is 0 Å². The van der Waals surface area contributed by atoms with Crippen molar-refractivity contribution < 1.29 is 0 Å². The molecule has 16 heavy (non-hydrogen) atoms. The number of rotatable bonds is 2. The molecule has 0 saturated heterocycles. The topological polar surface area (TPSA) is 37.8 Å². The van der Waals surface area contributed by atoms with E-state index in [-0.39, 0.29) is 5.28 Å². The van der Waals surface area contributed by atoms with E-state index in [2.05, 4.69) is 15.3 Å². The normalized spacial score (nSPS) is 10.2. The maximum atomic E-state index is 5.98. The van der Waals surface area contributed by atoms with Crippen molar-refractivity contribution in [2.24, 2.45) is 0 Å². The van der Waals surface area contributed by atoms with E-state index in [9.17, 15) is 0 Å². The van der Waals surface area contributed by atoms with Gasteiger partial charge >= 0.3 is 0 Å². The molecule has 6 heteroatoms. The fraction of sp³-hybridized carbons (Fsp3) is 0. The first-order chi connectivity index (χ1) is 7.66. The van der Waals surface area contributed by atoms with Crippen molar-refractivity contribution in [1.29, 1.82) is 0 Å². The number of nitrogens with one attached hydrogen (secondary N) is 1. The summed E-state index contributed by atoms with van der Waals surface area (Å²) in [4.78, 5) is 7.71. The largest absolute Gasteiger partial charge is 0.338 e. The molecular formula is C10H6Cl3N3. The molecule has 0 aliphatic carbocycles. The van der Waals surface area contributed by atoms with Gasteiger partial charge in [-0.25, -0.2) is 4.98 Å². The number of para-hydroxylation sites is 1. The van der Waals surface area contributed by atoms with E-state index in [1.54, 1.807) is 6.07 Å². The molecular weight excluding hydrogens is 268 g/mol. The standard InChI is InChI=1S/C10H6Cl3N3/c11-6-3-1-2-4-8(6)15-9-7(12)5-14-10(13)16-9/h1-5H,(H,14,15,16). The zero-order chi connectivity index (χ0) is 11.5. The molecule has 3 nitrogen and oxygen atoms in total. The van der Waals surface area contributed by atoms with E-state index in [0.29, 0.717) is 21.6 Å². The van der Waals surface area contributed by atoms with Crippen LogP contribution in [-0.4, -0.2) is 9.97 Å². The van der Waals surface area contributed by atoms with Gasteiger partial charge in [0.05, 0.1) is 16.9 Å². The smallest absolute Gasteiger partial charge is 0.224 e. The Kier molecular flexibility index (Phi) is 3.49. The lowest BCUT2D eigenvalue weighted by Gasteiger charge is -2.08. The molecule has 0 aliphatic heterocycles. The van der Waals surface area contributed by atoms with Crippen molar-refractivity contribution in [2.45, 2.75) is 0 Å². The van der Waals surface area contributed by atoms with Gasteiger partial charge in [0.15, 0.2) is 5.82 Å². The zero-order valence-electron chi connectivity index (χ0n) is 7.92. The Morgan fingerprint density at radius 1 is 1.00 bits per heavy atom. The van der Waals surface area contributed by atoms with E-state index in [0.717, 1.165) is 0 Å². The average Bonchev–Trinajstić information content (AvgIpc) is 2.27. The Bertz CT molecular complexity index is 516. The van der Waals surface area contributed by atoms with E-state index >= 15 is 0 Å². The molecule has 2 aromatic rings. The lowest BCUT2D eigenvalue weighted by Crippen LogP contribution is -1.96. The second-order valence-electron chi connectivity index (χ2n) is 2.94. The fourth-order valence-electron chi connectivity index (χ4n) is 1.12. The minimum atomic E-state index is 0.124. The first-order valence-corrected chi connectivity index (χ1v) is 5.50. The number of hydrogen-bond acceptors (Lipinski definition) is 3. The van der Waals surface area contributed by atoms with Crippen LogP contribution in [0, 0.1) is 0 Å². The fourth-order valence-corrected chi connectivity index (χ4v) is 1.58. The predicted octanol–water partition coefficient (Wildman–Crippen LogP) is 4.18. The Labute approximate surface area is 107 Å². The summed E-state index contributed by atoms with van der Waals surface area (Å²) < 4.78 is 0. The molecule has 0 saturated carbocycles. The summed E-state index contributed by atoms with van der Waals surface area (Å²) in [6.07, 6.45) is 1.43. The maximum Gasteiger partial charge on any atom is 0.224 e. The molecule has 0 aliphatic rings. The highest BCUT2D eigenvalue weighted by Gasteiger charge is 2.06. The maximum absolute atomic E-state index is 5.98. The quantitative estimate of drug-likeness (QED) is 0.835. The number of aromatic nitrogens is 2. The van der Waals surface area contributed by atoms with Gasteiger partial charge in [-0.2, -0.15) is 4.98 Å². The predicted molar refractivity (Wildman–Crippen MR) is 66.8 cm³/mol. The van der Waals surface area contributed by atoms with Gasteiger partial charge in [0.1, 0.15) is 5.02 Å². The van der Waals surface area contributed by atoms with Gasteiger partial charge in [-0.3, -0.25) is 0 Å². The average molecular weight is 275 g/mol. The van der Waals surface area contributed by atoms with Crippen molar-refractivity contribution >= 4 is 46.3 Å². The minimum absolute atomic E-state index is 0.124. The zero-order valence-corrected chi connectivity index (χ0v) is 10.2. The van der Waals surface area contributed by atoms with Crippen LogP contribution in [0.5, 0.6) is 0 Å². The molecule has 82 valence electrons. The van der Waals surface area contributed by atoms with E-state index in [1.165, 1.54) is 6.20 Å². The molecule has 0 amide bonds. The summed E-state index contributed by atoms with van der Waals surface area (Å²) in [5.74, 6) is 0.426. The monoisotopic (exact) mass is 273 g/mol. The van der Waals surface area contributed by atoms with Gasteiger partial charge in [-0.1, -0.05) is 35.3 Å². The van der Waals surface area contributed by atoms with Crippen LogP contribution in [-0.2, 0) is 0 Å². The van der Waals surface area contributed by atoms with Crippen LogP contribution in [0.1, 0.15) is 0 Å². The molecule has 2 rings (SSSR count). The molecule has 1 aromatic carbocycles. The van der Waals surface area contributed by atoms with Crippen LogP contribution >= 0.6 is 34.8 Å². The minimum Gasteiger partial charge on any atom is -0.338 e. The van der Waals surface area contributed by atoms with Crippen LogP contribution in [0.2, 0.25) is 15.3 Å².